The molecule has 0 aliphatic carbocycles. The highest BCUT2D eigenvalue weighted by Crippen LogP contribution is 2.13. The van der Waals surface area contributed by atoms with E-state index in [1.54, 1.807) is 55.5 Å². The number of amides is 2. The van der Waals surface area contributed by atoms with Gasteiger partial charge in [-0.25, -0.2) is 4.79 Å². The molecule has 8 heteroatoms. The summed E-state index contributed by atoms with van der Waals surface area (Å²) in [7, 11) is 0. The highest BCUT2D eigenvalue weighted by atomic mass is 16.5. The van der Waals surface area contributed by atoms with Gasteiger partial charge in [0.2, 0.25) is 0 Å². The lowest BCUT2D eigenvalue weighted by molar-refractivity contribution is -0.133. The van der Waals surface area contributed by atoms with Gasteiger partial charge in [-0.1, -0.05) is 25.1 Å². The second kappa shape index (κ2) is 11.3. The van der Waals surface area contributed by atoms with Crippen LogP contribution in [0.4, 0.5) is 0 Å². The third-order valence-corrected chi connectivity index (χ3v) is 3.65. The molecule has 0 fully saturated rings. The van der Waals surface area contributed by atoms with Crippen LogP contribution < -0.4 is 20.3 Å². The van der Waals surface area contributed by atoms with Gasteiger partial charge in [-0.05, 0) is 49.7 Å². The molecule has 29 heavy (non-hydrogen) atoms. The third kappa shape index (κ3) is 7.53. The summed E-state index contributed by atoms with van der Waals surface area (Å²) in [6, 6.07) is 15.1. The molecule has 154 valence electrons. The van der Waals surface area contributed by atoms with Crippen molar-refractivity contribution < 1.29 is 28.6 Å². The van der Waals surface area contributed by atoms with Crippen LogP contribution in [0.2, 0.25) is 0 Å². The van der Waals surface area contributed by atoms with Crippen molar-refractivity contribution in [2.45, 2.75) is 26.4 Å². The van der Waals surface area contributed by atoms with Crippen LogP contribution in [-0.4, -0.2) is 37.1 Å². The zero-order chi connectivity index (χ0) is 21.1. The third-order valence-electron chi connectivity index (χ3n) is 3.65. The predicted molar refractivity (Wildman–Crippen MR) is 105 cm³/mol. The molecule has 0 radical (unpaired) electrons. The summed E-state index contributed by atoms with van der Waals surface area (Å²) in [5.74, 6) is -0.509. The first-order valence-electron chi connectivity index (χ1n) is 9.20. The summed E-state index contributed by atoms with van der Waals surface area (Å²) >= 11 is 0. The lowest BCUT2D eigenvalue weighted by Crippen LogP contribution is -2.48. The van der Waals surface area contributed by atoms with Crippen molar-refractivity contribution in [3.63, 3.8) is 0 Å². The van der Waals surface area contributed by atoms with E-state index in [1.165, 1.54) is 0 Å². The van der Waals surface area contributed by atoms with E-state index in [-0.39, 0.29) is 6.61 Å². The maximum Gasteiger partial charge on any atom is 0.338 e. The highest BCUT2D eigenvalue weighted by Gasteiger charge is 2.15. The van der Waals surface area contributed by atoms with Gasteiger partial charge in [-0.2, -0.15) is 0 Å². The normalized spacial score (nSPS) is 11.1. The summed E-state index contributed by atoms with van der Waals surface area (Å²) in [4.78, 5) is 35.5. The minimum atomic E-state index is -0.793. The van der Waals surface area contributed by atoms with Crippen LogP contribution in [0.3, 0.4) is 0 Å². The first-order valence-corrected chi connectivity index (χ1v) is 9.20. The molecular formula is C21H24N2O6. The summed E-state index contributed by atoms with van der Waals surface area (Å²) in [6.07, 6.45) is -0.0472. The number of nitrogens with one attached hydrogen (secondary N) is 2. The number of carbonyl (C=O) groups is 3. The van der Waals surface area contributed by atoms with Crippen molar-refractivity contribution in [1.29, 1.82) is 0 Å². The molecule has 0 aliphatic rings. The maximum absolute atomic E-state index is 12.0. The van der Waals surface area contributed by atoms with Crippen molar-refractivity contribution in [2.24, 2.45) is 0 Å². The number of rotatable bonds is 9. The second-order valence-corrected chi connectivity index (χ2v) is 6.06. The molecule has 1 unspecified atom stereocenters. The summed E-state index contributed by atoms with van der Waals surface area (Å²) in [6.45, 7) is 3.53. The van der Waals surface area contributed by atoms with Gasteiger partial charge < -0.3 is 14.2 Å². The number of hydrogen-bond acceptors (Lipinski definition) is 6. The van der Waals surface area contributed by atoms with Crippen LogP contribution in [0.1, 0.15) is 30.6 Å². The van der Waals surface area contributed by atoms with E-state index >= 15 is 0 Å². The molecule has 2 aromatic carbocycles. The van der Waals surface area contributed by atoms with Gasteiger partial charge in [0, 0.05) is 0 Å². The quantitative estimate of drug-likeness (QED) is 0.494. The van der Waals surface area contributed by atoms with E-state index < -0.39 is 23.9 Å². The van der Waals surface area contributed by atoms with Crippen LogP contribution >= 0.6 is 0 Å². The number of hydrogen-bond donors (Lipinski definition) is 2. The number of benzene rings is 2. The van der Waals surface area contributed by atoms with Gasteiger partial charge in [0.05, 0.1) is 12.2 Å². The Morgan fingerprint density at radius 1 is 0.931 bits per heavy atom. The molecule has 0 heterocycles. The average molecular weight is 400 g/mol. The number of para-hydroxylation sites is 1. The molecule has 0 saturated heterocycles. The lowest BCUT2D eigenvalue weighted by Gasteiger charge is -2.15. The Labute approximate surface area is 169 Å². The Morgan fingerprint density at radius 3 is 2.28 bits per heavy atom. The van der Waals surface area contributed by atoms with Gasteiger partial charge in [-0.15, -0.1) is 0 Å². The van der Waals surface area contributed by atoms with Crippen LogP contribution in [0.5, 0.6) is 11.5 Å². The molecular weight excluding hydrogens is 376 g/mol. The standard InChI is InChI=1S/C21H24N2O6/c1-3-13-27-21(26)16-9-11-17(12-10-16)28-14-19(24)22-23-20(25)15(2)29-18-7-5-4-6-8-18/h4-12,15H,3,13-14H2,1-2H3,(H,22,24)(H,23,25). The minimum absolute atomic E-state index is 0.312. The predicted octanol–water partition coefficient (Wildman–Crippen LogP) is 2.25. The van der Waals surface area contributed by atoms with E-state index in [0.29, 0.717) is 23.7 Å². The molecule has 0 bridgehead atoms. The maximum atomic E-state index is 12.0. The topological polar surface area (TPSA) is 103 Å². The van der Waals surface area contributed by atoms with Crippen LogP contribution in [0, 0.1) is 0 Å². The van der Waals surface area contributed by atoms with Gasteiger partial charge in [0.25, 0.3) is 11.8 Å². The molecule has 1 atom stereocenters. The molecule has 0 saturated carbocycles. The van der Waals surface area contributed by atoms with E-state index in [2.05, 4.69) is 10.9 Å². The Kier molecular flexibility index (Phi) is 8.50. The van der Waals surface area contributed by atoms with E-state index in [1.807, 2.05) is 13.0 Å². The molecule has 8 nitrogen and oxygen atoms in total. The molecule has 2 N–H and O–H groups in total. The van der Waals surface area contributed by atoms with Gasteiger partial charge in [0.15, 0.2) is 12.7 Å². The number of hydrazine groups is 1. The van der Waals surface area contributed by atoms with Crippen molar-refractivity contribution in [3.8, 4) is 11.5 Å². The van der Waals surface area contributed by atoms with Crippen molar-refractivity contribution in [1.82, 2.24) is 10.9 Å². The lowest BCUT2D eigenvalue weighted by atomic mass is 10.2. The molecule has 0 spiro atoms. The van der Waals surface area contributed by atoms with Crippen molar-refractivity contribution in [3.05, 3.63) is 60.2 Å². The van der Waals surface area contributed by atoms with E-state index in [4.69, 9.17) is 14.2 Å². The average Bonchev–Trinajstić information content (AvgIpc) is 2.75. The number of carbonyl (C=O) groups excluding carboxylic acids is 3. The molecule has 0 aliphatic heterocycles. The molecule has 2 aromatic rings. The Balaban J connectivity index is 1.71. The first-order chi connectivity index (χ1) is 14.0. The summed E-state index contributed by atoms with van der Waals surface area (Å²) in [5, 5.41) is 0. The minimum Gasteiger partial charge on any atom is -0.484 e. The Bertz CT molecular complexity index is 808. The second-order valence-electron chi connectivity index (χ2n) is 6.06. The molecule has 2 amide bonds. The first kappa shape index (κ1) is 21.7. The summed E-state index contributed by atoms with van der Waals surface area (Å²) < 4.78 is 15.8. The zero-order valence-electron chi connectivity index (χ0n) is 16.3. The fraction of sp³-hybridized carbons (Fsp3) is 0.286. The number of ether oxygens (including phenoxy) is 3. The number of esters is 1. The van der Waals surface area contributed by atoms with Crippen molar-refractivity contribution in [2.75, 3.05) is 13.2 Å². The van der Waals surface area contributed by atoms with E-state index in [9.17, 15) is 14.4 Å². The fourth-order valence-electron chi connectivity index (χ4n) is 2.14. The summed E-state index contributed by atoms with van der Waals surface area (Å²) in [5.41, 5.74) is 4.93. The largest absolute Gasteiger partial charge is 0.484 e. The van der Waals surface area contributed by atoms with Gasteiger partial charge in [-0.3, -0.25) is 20.4 Å². The zero-order valence-corrected chi connectivity index (χ0v) is 16.3. The Hall–Kier alpha value is -3.55. The van der Waals surface area contributed by atoms with Crippen molar-refractivity contribution >= 4 is 17.8 Å². The van der Waals surface area contributed by atoms with Gasteiger partial charge in [0.1, 0.15) is 11.5 Å². The SMILES string of the molecule is CCCOC(=O)c1ccc(OCC(=O)NNC(=O)C(C)Oc2ccccc2)cc1. The van der Waals surface area contributed by atoms with Crippen LogP contribution in [0.15, 0.2) is 54.6 Å². The van der Waals surface area contributed by atoms with E-state index in [0.717, 1.165) is 6.42 Å². The van der Waals surface area contributed by atoms with Crippen LogP contribution in [0.25, 0.3) is 0 Å². The molecule has 2 rings (SSSR count). The van der Waals surface area contributed by atoms with Gasteiger partial charge >= 0.3 is 5.97 Å². The monoisotopic (exact) mass is 400 g/mol. The molecule has 0 aromatic heterocycles. The van der Waals surface area contributed by atoms with Crippen LogP contribution in [-0.2, 0) is 14.3 Å². The Morgan fingerprint density at radius 2 is 1.62 bits per heavy atom. The smallest absolute Gasteiger partial charge is 0.338 e. The fourth-order valence-corrected chi connectivity index (χ4v) is 2.14. The highest BCUT2D eigenvalue weighted by molar-refractivity contribution is 5.89.